The summed E-state index contributed by atoms with van der Waals surface area (Å²) in [7, 11) is 1.62. The fourth-order valence-electron chi connectivity index (χ4n) is 5.17. The standard InChI is InChI=1S/C34H37N3O3/c1-4-40-33-7-5-6-29(24-33)27-10-8-26(9-11-27)25(2)36-20-22-37(23-21-36)31-16-12-28(13-17-31)34(38)35-30-14-18-32(39-3)19-15-30/h5-19,24-25H,4,20-23H2,1-3H3,(H,35,38). The summed E-state index contributed by atoms with van der Waals surface area (Å²) in [5, 5.41) is 2.94. The van der Waals surface area contributed by atoms with Gasteiger partial charge in [-0.1, -0.05) is 36.4 Å². The van der Waals surface area contributed by atoms with Crippen LogP contribution in [0, 0.1) is 0 Å². The van der Waals surface area contributed by atoms with E-state index in [1.807, 2.05) is 67.6 Å². The van der Waals surface area contributed by atoms with E-state index in [2.05, 4.69) is 58.4 Å². The number of carbonyl (C=O) groups excluding carboxylic acids is 1. The number of anilines is 2. The highest BCUT2D eigenvalue weighted by atomic mass is 16.5. The zero-order valence-corrected chi connectivity index (χ0v) is 23.5. The van der Waals surface area contributed by atoms with Crippen molar-refractivity contribution in [2.45, 2.75) is 19.9 Å². The van der Waals surface area contributed by atoms with Crippen LogP contribution in [0.3, 0.4) is 0 Å². The van der Waals surface area contributed by atoms with Crippen molar-refractivity contribution >= 4 is 17.3 Å². The molecule has 0 bridgehead atoms. The molecule has 6 nitrogen and oxygen atoms in total. The number of benzene rings is 4. The highest BCUT2D eigenvalue weighted by Crippen LogP contribution is 2.28. The van der Waals surface area contributed by atoms with Crippen LogP contribution < -0.4 is 19.7 Å². The predicted molar refractivity (Wildman–Crippen MR) is 163 cm³/mol. The van der Waals surface area contributed by atoms with Crippen LogP contribution in [0.1, 0.15) is 35.8 Å². The lowest BCUT2D eigenvalue weighted by molar-refractivity contribution is 0.102. The quantitative estimate of drug-likeness (QED) is 0.253. The minimum Gasteiger partial charge on any atom is -0.497 e. The van der Waals surface area contributed by atoms with E-state index in [4.69, 9.17) is 9.47 Å². The summed E-state index contributed by atoms with van der Waals surface area (Å²) in [6.45, 7) is 8.83. The van der Waals surface area contributed by atoms with Crippen LogP contribution in [0.15, 0.2) is 97.1 Å². The molecule has 206 valence electrons. The molecule has 1 N–H and O–H groups in total. The smallest absolute Gasteiger partial charge is 0.255 e. The second-order valence-electron chi connectivity index (χ2n) is 10.0. The molecule has 4 aromatic carbocycles. The van der Waals surface area contributed by atoms with Gasteiger partial charge in [-0.3, -0.25) is 9.69 Å². The Balaban J connectivity index is 1.14. The summed E-state index contributed by atoms with van der Waals surface area (Å²) >= 11 is 0. The molecule has 4 aromatic rings. The molecule has 1 aliphatic rings. The molecule has 0 radical (unpaired) electrons. The molecule has 1 heterocycles. The molecule has 0 aliphatic carbocycles. The Labute approximate surface area is 237 Å². The van der Waals surface area contributed by atoms with Crippen LogP contribution in [0.2, 0.25) is 0 Å². The fourth-order valence-corrected chi connectivity index (χ4v) is 5.17. The minimum atomic E-state index is -0.122. The van der Waals surface area contributed by atoms with Gasteiger partial charge in [-0.05, 0) is 91.2 Å². The second-order valence-corrected chi connectivity index (χ2v) is 10.0. The Morgan fingerprint density at radius 2 is 1.52 bits per heavy atom. The van der Waals surface area contributed by atoms with Crippen LogP contribution in [-0.4, -0.2) is 50.7 Å². The Morgan fingerprint density at radius 1 is 0.825 bits per heavy atom. The summed E-state index contributed by atoms with van der Waals surface area (Å²) in [5.74, 6) is 1.54. The van der Waals surface area contributed by atoms with E-state index >= 15 is 0 Å². The maximum Gasteiger partial charge on any atom is 0.255 e. The first kappa shape index (κ1) is 27.3. The zero-order chi connectivity index (χ0) is 27.9. The topological polar surface area (TPSA) is 54.0 Å². The minimum absolute atomic E-state index is 0.122. The van der Waals surface area contributed by atoms with E-state index in [9.17, 15) is 4.79 Å². The number of amides is 1. The van der Waals surface area contributed by atoms with Gasteiger partial charge in [-0.15, -0.1) is 0 Å². The van der Waals surface area contributed by atoms with Crippen molar-refractivity contribution in [3.8, 4) is 22.6 Å². The molecule has 1 unspecified atom stereocenters. The number of ether oxygens (including phenoxy) is 2. The van der Waals surface area contributed by atoms with Gasteiger partial charge in [-0.2, -0.15) is 0 Å². The van der Waals surface area contributed by atoms with Gasteiger partial charge >= 0.3 is 0 Å². The average Bonchev–Trinajstić information content (AvgIpc) is 3.01. The molecule has 1 fully saturated rings. The number of nitrogens with one attached hydrogen (secondary N) is 1. The van der Waals surface area contributed by atoms with Crippen LogP contribution in [-0.2, 0) is 0 Å². The Hall–Kier alpha value is -4.29. The largest absolute Gasteiger partial charge is 0.497 e. The third-order valence-corrected chi connectivity index (χ3v) is 7.58. The van der Waals surface area contributed by atoms with Gasteiger partial charge in [0.05, 0.1) is 13.7 Å². The molecule has 5 rings (SSSR count). The Kier molecular flexibility index (Phi) is 8.67. The van der Waals surface area contributed by atoms with Gasteiger partial charge in [-0.25, -0.2) is 0 Å². The van der Waals surface area contributed by atoms with Gasteiger partial charge in [0.15, 0.2) is 0 Å². The normalized spacial score (nSPS) is 14.4. The third-order valence-electron chi connectivity index (χ3n) is 7.58. The molecule has 1 atom stereocenters. The number of carbonyl (C=O) groups is 1. The van der Waals surface area contributed by atoms with E-state index in [1.165, 1.54) is 16.7 Å². The van der Waals surface area contributed by atoms with Crippen molar-refractivity contribution in [1.82, 2.24) is 4.90 Å². The first-order valence-corrected chi connectivity index (χ1v) is 13.9. The maximum absolute atomic E-state index is 12.7. The molecule has 40 heavy (non-hydrogen) atoms. The van der Waals surface area contributed by atoms with Gasteiger partial charge in [0.2, 0.25) is 0 Å². The number of piperazine rings is 1. The molecular formula is C34H37N3O3. The van der Waals surface area contributed by atoms with Crippen LogP contribution in [0.25, 0.3) is 11.1 Å². The molecular weight excluding hydrogens is 498 g/mol. The lowest BCUT2D eigenvalue weighted by atomic mass is 10.00. The fraction of sp³-hybridized carbons (Fsp3) is 0.265. The van der Waals surface area contributed by atoms with Crippen LogP contribution in [0.5, 0.6) is 11.5 Å². The molecule has 1 aliphatic heterocycles. The summed E-state index contributed by atoms with van der Waals surface area (Å²) in [4.78, 5) is 17.6. The van der Waals surface area contributed by atoms with E-state index in [0.29, 0.717) is 18.2 Å². The van der Waals surface area contributed by atoms with Gasteiger partial charge < -0.3 is 19.7 Å². The number of methoxy groups -OCH3 is 1. The summed E-state index contributed by atoms with van der Waals surface area (Å²) in [6, 6.07) is 32.7. The molecule has 1 saturated heterocycles. The first-order valence-electron chi connectivity index (χ1n) is 13.9. The Morgan fingerprint density at radius 3 is 2.17 bits per heavy atom. The maximum atomic E-state index is 12.7. The lowest BCUT2D eigenvalue weighted by Gasteiger charge is -2.39. The Bertz CT molecular complexity index is 1390. The lowest BCUT2D eigenvalue weighted by Crippen LogP contribution is -2.47. The first-order chi connectivity index (χ1) is 19.5. The zero-order valence-electron chi connectivity index (χ0n) is 23.5. The van der Waals surface area contributed by atoms with Gasteiger partial charge in [0.1, 0.15) is 11.5 Å². The average molecular weight is 536 g/mol. The number of hydrogen-bond donors (Lipinski definition) is 1. The third kappa shape index (κ3) is 6.46. The van der Waals surface area contributed by atoms with Gasteiger partial charge in [0.25, 0.3) is 5.91 Å². The predicted octanol–water partition coefficient (Wildman–Crippen LogP) is 6.90. The summed E-state index contributed by atoms with van der Waals surface area (Å²) in [5.41, 5.74) is 6.22. The number of rotatable bonds is 9. The summed E-state index contributed by atoms with van der Waals surface area (Å²) < 4.78 is 10.8. The molecule has 6 heteroatoms. The molecule has 0 aromatic heterocycles. The molecule has 1 amide bonds. The number of hydrogen-bond acceptors (Lipinski definition) is 5. The van der Waals surface area contributed by atoms with Crippen molar-refractivity contribution in [3.05, 3.63) is 108 Å². The second kappa shape index (κ2) is 12.7. The number of nitrogens with zero attached hydrogens (tertiary/aromatic N) is 2. The molecule has 0 saturated carbocycles. The van der Waals surface area contributed by atoms with E-state index < -0.39 is 0 Å². The van der Waals surface area contributed by atoms with E-state index in [1.54, 1.807) is 7.11 Å². The van der Waals surface area contributed by atoms with Crippen molar-refractivity contribution < 1.29 is 14.3 Å². The monoisotopic (exact) mass is 535 g/mol. The van der Waals surface area contributed by atoms with Crippen LogP contribution >= 0.6 is 0 Å². The van der Waals surface area contributed by atoms with E-state index in [-0.39, 0.29) is 5.91 Å². The summed E-state index contributed by atoms with van der Waals surface area (Å²) in [6.07, 6.45) is 0. The highest BCUT2D eigenvalue weighted by Gasteiger charge is 2.22. The van der Waals surface area contributed by atoms with E-state index in [0.717, 1.165) is 49.1 Å². The van der Waals surface area contributed by atoms with Crippen molar-refractivity contribution in [2.24, 2.45) is 0 Å². The van der Waals surface area contributed by atoms with Crippen LogP contribution in [0.4, 0.5) is 11.4 Å². The molecule has 0 spiro atoms. The van der Waals surface area contributed by atoms with Crippen molar-refractivity contribution in [2.75, 3.05) is 50.1 Å². The highest BCUT2D eigenvalue weighted by molar-refractivity contribution is 6.04. The van der Waals surface area contributed by atoms with Crippen molar-refractivity contribution in [1.29, 1.82) is 0 Å². The van der Waals surface area contributed by atoms with Crippen molar-refractivity contribution in [3.63, 3.8) is 0 Å². The van der Waals surface area contributed by atoms with Gasteiger partial charge in [0, 0.05) is 49.2 Å². The SMILES string of the molecule is CCOc1cccc(-c2ccc(C(C)N3CCN(c4ccc(C(=O)Nc5ccc(OC)cc5)cc4)CC3)cc2)c1.